The van der Waals surface area contributed by atoms with Crippen LogP contribution in [0, 0.1) is 5.41 Å². The lowest BCUT2D eigenvalue weighted by molar-refractivity contribution is 0.151. The van der Waals surface area contributed by atoms with Crippen molar-refractivity contribution in [2.45, 2.75) is 65.2 Å². The fraction of sp³-hybridized carbons (Fsp3) is 1.00. The van der Waals surface area contributed by atoms with E-state index in [1.807, 2.05) is 0 Å². The molecule has 0 heterocycles. The van der Waals surface area contributed by atoms with E-state index in [9.17, 15) is 0 Å². The number of nitrogens with zero attached hydrogens (tertiary/aromatic N) is 1. The minimum atomic E-state index is 0.570. The van der Waals surface area contributed by atoms with Crippen LogP contribution in [-0.4, -0.2) is 29.9 Å². The lowest BCUT2D eigenvalue weighted by atomic mass is 9.82. The second-order valence-corrected chi connectivity index (χ2v) is 6.38. The lowest BCUT2D eigenvalue weighted by Crippen LogP contribution is -2.39. The molecule has 102 valence electrons. The van der Waals surface area contributed by atoms with Gasteiger partial charge in [-0.15, -0.1) is 0 Å². The van der Waals surface area contributed by atoms with Gasteiger partial charge in [-0.3, -0.25) is 0 Å². The van der Waals surface area contributed by atoms with Crippen molar-refractivity contribution in [1.82, 2.24) is 4.90 Å². The molecule has 0 aromatic heterocycles. The Kier molecular flexibility index (Phi) is 7.77. The molecule has 0 aromatic carbocycles. The van der Waals surface area contributed by atoms with Crippen molar-refractivity contribution in [2.24, 2.45) is 5.41 Å². The van der Waals surface area contributed by atoms with E-state index in [2.05, 4.69) is 34.7 Å². The van der Waals surface area contributed by atoms with Crippen molar-refractivity contribution >= 4 is 15.9 Å². The summed E-state index contributed by atoms with van der Waals surface area (Å²) in [5, 5.41) is 1.20. The van der Waals surface area contributed by atoms with Gasteiger partial charge in [0.2, 0.25) is 0 Å². The zero-order valence-corrected chi connectivity index (χ0v) is 13.4. The summed E-state index contributed by atoms with van der Waals surface area (Å²) >= 11 is 3.81. The molecule has 1 saturated carbocycles. The summed E-state index contributed by atoms with van der Waals surface area (Å²) in [4.78, 5) is 2.70. The Morgan fingerprint density at radius 3 is 1.88 bits per heavy atom. The van der Waals surface area contributed by atoms with Crippen LogP contribution in [0.2, 0.25) is 0 Å². The Labute approximate surface area is 116 Å². The van der Waals surface area contributed by atoms with Crippen molar-refractivity contribution in [3.8, 4) is 0 Å². The van der Waals surface area contributed by atoms with E-state index in [0.717, 1.165) is 0 Å². The van der Waals surface area contributed by atoms with Crippen LogP contribution < -0.4 is 0 Å². The molecule has 1 rings (SSSR count). The van der Waals surface area contributed by atoms with E-state index in [4.69, 9.17) is 0 Å². The maximum Gasteiger partial charge on any atom is 0.0100 e. The molecule has 0 N–H and O–H groups in total. The van der Waals surface area contributed by atoms with E-state index >= 15 is 0 Å². The molecule has 1 aliphatic carbocycles. The third-order valence-electron chi connectivity index (χ3n) is 4.09. The van der Waals surface area contributed by atoms with Crippen molar-refractivity contribution in [2.75, 3.05) is 25.0 Å². The van der Waals surface area contributed by atoms with Gasteiger partial charge in [-0.2, -0.15) is 0 Å². The quantitative estimate of drug-likeness (QED) is 0.480. The summed E-state index contributed by atoms with van der Waals surface area (Å²) in [6, 6.07) is 0. The van der Waals surface area contributed by atoms with Gasteiger partial charge in [-0.05, 0) is 44.2 Å². The van der Waals surface area contributed by atoms with Gasteiger partial charge < -0.3 is 4.90 Å². The molecular weight excluding hydrogens is 274 g/mol. The third kappa shape index (κ3) is 5.30. The molecule has 0 atom stereocenters. The van der Waals surface area contributed by atoms with E-state index in [-0.39, 0.29) is 0 Å². The Morgan fingerprint density at radius 2 is 1.47 bits per heavy atom. The first-order valence-electron chi connectivity index (χ1n) is 7.54. The summed E-state index contributed by atoms with van der Waals surface area (Å²) in [7, 11) is 0. The van der Waals surface area contributed by atoms with Gasteiger partial charge in [0, 0.05) is 11.9 Å². The van der Waals surface area contributed by atoms with Gasteiger partial charge in [0.05, 0.1) is 0 Å². The predicted molar refractivity (Wildman–Crippen MR) is 81.0 cm³/mol. The smallest absolute Gasteiger partial charge is 0.0100 e. The SMILES string of the molecule is CCCN(CCC)CC1(CBr)CCCCCC1. The predicted octanol–water partition coefficient (Wildman–Crippen LogP) is 4.84. The Bertz CT molecular complexity index is 179. The van der Waals surface area contributed by atoms with Crippen LogP contribution in [0.5, 0.6) is 0 Å². The maximum atomic E-state index is 3.81. The van der Waals surface area contributed by atoms with Crippen LogP contribution in [0.15, 0.2) is 0 Å². The summed E-state index contributed by atoms with van der Waals surface area (Å²) < 4.78 is 0. The average molecular weight is 304 g/mol. The molecule has 0 amide bonds. The Morgan fingerprint density at radius 1 is 0.941 bits per heavy atom. The van der Waals surface area contributed by atoms with Gasteiger partial charge >= 0.3 is 0 Å². The first-order chi connectivity index (χ1) is 8.26. The molecule has 1 nitrogen and oxygen atoms in total. The Hall–Kier alpha value is 0.440. The summed E-state index contributed by atoms with van der Waals surface area (Å²) in [5.74, 6) is 0. The van der Waals surface area contributed by atoms with Gasteiger partial charge in [0.1, 0.15) is 0 Å². The minimum Gasteiger partial charge on any atom is -0.303 e. The highest BCUT2D eigenvalue weighted by atomic mass is 79.9. The fourth-order valence-electron chi connectivity index (χ4n) is 3.19. The van der Waals surface area contributed by atoms with E-state index < -0.39 is 0 Å². The highest BCUT2D eigenvalue weighted by Crippen LogP contribution is 2.37. The molecule has 0 saturated heterocycles. The van der Waals surface area contributed by atoms with Gasteiger partial charge in [-0.25, -0.2) is 0 Å². The standard InChI is InChI=1S/C15H30BrN/c1-3-11-17(12-4-2)14-15(13-16)9-7-5-6-8-10-15/h3-14H2,1-2H3. The fourth-order valence-corrected chi connectivity index (χ4v) is 3.93. The first kappa shape index (κ1) is 15.5. The number of alkyl halides is 1. The molecule has 0 unspecified atom stereocenters. The van der Waals surface area contributed by atoms with Gasteiger partial charge in [-0.1, -0.05) is 55.5 Å². The third-order valence-corrected chi connectivity index (χ3v) is 5.28. The van der Waals surface area contributed by atoms with Crippen molar-refractivity contribution in [3.63, 3.8) is 0 Å². The monoisotopic (exact) mass is 303 g/mol. The lowest BCUT2D eigenvalue weighted by Gasteiger charge is -2.36. The van der Waals surface area contributed by atoms with Crippen LogP contribution in [0.3, 0.4) is 0 Å². The topological polar surface area (TPSA) is 3.24 Å². The molecule has 17 heavy (non-hydrogen) atoms. The van der Waals surface area contributed by atoms with Crippen molar-refractivity contribution < 1.29 is 0 Å². The summed E-state index contributed by atoms with van der Waals surface area (Å²) in [6.45, 7) is 8.48. The van der Waals surface area contributed by atoms with Crippen LogP contribution in [0.25, 0.3) is 0 Å². The first-order valence-corrected chi connectivity index (χ1v) is 8.67. The molecule has 0 bridgehead atoms. The van der Waals surface area contributed by atoms with Crippen molar-refractivity contribution in [1.29, 1.82) is 0 Å². The molecule has 0 aliphatic heterocycles. The zero-order chi connectivity index (χ0) is 12.6. The molecule has 0 spiro atoms. The highest BCUT2D eigenvalue weighted by Gasteiger charge is 2.31. The molecule has 0 aromatic rings. The summed E-state index contributed by atoms with van der Waals surface area (Å²) in [5.41, 5.74) is 0.570. The molecule has 1 aliphatic rings. The van der Waals surface area contributed by atoms with E-state index in [1.54, 1.807) is 0 Å². The van der Waals surface area contributed by atoms with E-state index in [1.165, 1.54) is 76.3 Å². The average Bonchev–Trinajstić information content (AvgIpc) is 2.56. The molecule has 2 heteroatoms. The molecular formula is C15H30BrN. The van der Waals surface area contributed by atoms with Crippen molar-refractivity contribution in [3.05, 3.63) is 0 Å². The van der Waals surface area contributed by atoms with Gasteiger partial charge in [0.15, 0.2) is 0 Å². The second-order valence-electron chi connectivity index (χ2n) is 5.82. The van der Waals surface area contributed by atoms with Crippen LogP contribution in [0.1, 0.15) is 65.2 Å². The Balaban J connectivity index is 2.56. The van der Waals surface area contributed by atoms with E-state index in [0.29, 0.717) is 5.41 Å². The van der Waals surface area contributed by atoms with Gasteiger partial charge in [0.25, 0.3) is 0 Å². The summed E-state index contributed by atoms with van der Waals surface area (Å²) in [6.07, 6.45) is 11.2. The molecule has 0 radical (unpaired) electrons. The largest absolute Gasteiger partial charge is 0.303 e. The minimum absolute atomic E-state index is 0.570. The highest BCUT2D eigenvalue weighted by molar-refractivity contribution is 9.09. The number of hydrogen-bond donors (Lipinski definition) is 0. The maximum absolute atomic E-state index is 3.81. The molecule has 1 fully saturated rings. The second kappa shape index (κ2) is 8.53. The van der Waals surface area contributed by atoms with Crippen LogP contribution >= 0.6 is 15.9 Å². The number of hydrogen-bond acceptors (Lipinski definition) is 1. The zero-order valence-electron chi connectivity index (χ0n) is 11.8. The number of rotatable bonds is 7. The van der Waals surface area contributed by atoms with Crippen LogP contribution in [0.4, 0.5) is 0 Å². The van der Waals surface area contributed by atoms with Crippen LogP contribution in [-0.2, 0) is 0 Å². The normalized spacial score (nSPS) is 20.5. The number of halogens is 1.